The number of nitrogens with zero attached hydrogens (tertiary/aromatic N) is 9. The number of phenols is 1. The van der Waals surface area contributed by atoms with Gasteiger partial charge in [0.2, 0.25) is 6.04 Å². The van der Waals surface area contributed by atoms with Gasteiger partial charge in [-0.1, -0.05) is 18.2 Å². The summed E-state index contributed by atoms with van der Waals surface area (Å²) in [6, 6.07) is 17.6. The molecule has 1 aromatic heterocycles. The van der Waals surface area contributed by atoms with Gasteiger partial charge in [-0.3, -0.25) is 27.6 Å². The molecule has 0 bridgehead atoms. The van der Waals surface area contributed by atoms with Gasteiger partial charge < -0.3 is 24.7 Å². The number of hydrazone groups is 1. The summed E-state index contributed by atoms with van der Waals surface area (Å²) in [5, 5.41) is 49.7. The van der Waals surface area contributed by atoms with Gasteiger partial charge in [-0.15, -0.1) is 15.3 Å². The first-order valence-electron chi connectivity index (χ1n) is 23.8. The first-order chi connectivity index (χ1) is 39.7. The van der Waals surface area contributed by atoms with Crippen molar-refractivity contribution >= 4 is 135 Å². The Bertz CT molecular complexity index is 4900. The van der Waals surface area contributed by atoms with Crippen LogP contribution < -0.4 is 14.5 Å². The number of aromatic amines is 1. The largest absolute Gasteiger partial charge is 0.505 e. The smallest absolute Gasteiger partial charge is 0.355 e. The third-order valence-corrected chi connectivity index (χ3v) is 17.1. The predicted molar refractivity (Wildman–Crippen MR) is 299 cm³/mol. The predicted octanol–water partition coefficient (Wildman–Crippen LogP) is 8.28. The van der Waals surface area contributed by atoms with E-state index in [1.165, 1.54) is 69.5 Å². The molecule has 1 amide bonds. The molecule has 9 rings (SSSR count). The van der Waals surface area contributed by atoms with E-state index in [4.69, 9.17) is 9.47 Å². The number of carbonyl (C=O) groups is 2. The van der Waals surface area contributed by atoms with Crippen molar-refractivity contribution in [1.29, 1.82) is 0 Å². The number of aliphatic carboxylic acids is 1. The highest BCUT2D eigenvalue weighted by Crippen LogP contribution is 2.46. The number of ether oxygens (including phenoxy) is 2. The highest BCUT2D eigenvalue weighted by Gasteiger charge is 2.41. The Morgan fingerprint density at radius 2 is 1.28 bits per heavy atom. The van der Waals surface area contributed by atoms with Gasteiger partial charge in [0.25, 0.3) is 56.5 Å². The van der Waals surface area contributed by atoms with Gasteiger partial charge in [-0.25, -0.2) is 9.78 Å². The van der Waals surface area contributed by atoms with Crippen molar-refractivity contribution < 1.29 is 94.1 Å². The first-order valence-corrected chi connectivity index (χ1v) is 31.2. The summed E-state index contributed by atoms with van der Waals surface area (Å²) in [6.07, 6.45) is -0.296. The highest BCUT2D eigenvalue weighted by atomic mass is 32.2. The second kappa shape index (κ2) is 22.5. The number of carboxylic acid groups (broad SMARTS) is 1. The van der Waals surface area contributed by atoms with E-state index in [1.54, 1.807) is 0 Å². The molecule has 0 saturated carbocycles. The summed E-state index contributed by atoms with van der Waals surface area (Å²) in [5.74, 6) is -4.42. The van der Waals surface area contributed by atoms with E-state index in [9.17, 15) is 84.7 Å². The number of anilines is 1. The number of benzene rings is 7. The van der Waals surface area contributed by atoms with Gasteiger partial charge in [0, 0.05) is 39.2 Å². The minimum absolute atomic E-state index is 0.00615. The number of aromatic nitrogens is 2. The molecule has 85 heavy (non-hydrogen) atoms. The lowest BCUT2D eigenvalue weighted by atomic mass is 10.1. The van der Waals surface area contributed by atoms with Gasteiger partial charge in [0.15, 0.2) is 11.5 Å². The van der Waals surface area contributed by atoms with Crippen LogP contribution in [0.2, 0.25) is 0 Å². The Balaban J connectivity index is 1.03. The molecule has 1 atom stereocenters. The second-order valence-electron chi connectivity index (χ2n) is 18.3. The SMILES string of the molecule is COc1cc(S(=O)(=O)O)c(C)cc1/N=N/C1C(=O)N(c2ccc(-c3nc4ccc5c(O)c(/N=N/c6cc(C)c(/N=N/c7ccc8c(S(=O)(=O)O)cccc8c7S(=O)(=O)O)cc6OCCCS(=O)(=O)O)c(S(=O)(=O)O)cc5c4[nH]3)cc2)N=C1C(=O)O. The van der Waals surface area contributed by atoms with Crippen LogP contribution in [0.3, 0.4) is 0 Å². The summed E-state index contributed by atoms with van der Waals surface area (Å²) in [5.41, 5.74) is -1.46. The van der Waals surface area contributed by atoms with E-state index in [-0.39, 0.29) is 90.2 Å². The van der Waals surface area contributed by atoms with Gasteiger partial charge in [0.05, 0.1) is 41.9 Å². The van der Waals surface area contributed by atoms with Gasteiger partial charge in [-0.05, 0) is 98.1 Å². The number of methoxy groups -OCH3 is 1. The van der Waals surface area contributed by atoms with Crippen molar-refractivity contribution in [3.63, 3.8) is 0 Å². The summed E-state index contributed by atoms with van der Waals surface area (Å²) in [4.78, 5) is 30.5. The molecule has 8 N–H and O–H groups in total. The highest BCUT2D eigenvalue weighted by molar-refractivity contribution is 7.87. The number of amides is 1. The fraction of sp³-hybridized carbons (Fsp3) is 0.143. The number of azo groups is 3. The molecule has 7 aromatic carbocycles. The summed E-state index contributed by atoms with van der Waals surface area (Å²) < 4.78 is 183. The molecule has 1 aliphatic heterocycles. The summed E-state index contributed by atoms with van der Waals surface area (Å²) in [7, 11) is -23.3. The average Bonchev–Trinajstić information content (AvgIpc) is 1.87. The molecule has 36 heteroatoms. The molecule has 0 fully saturated rings. The number of hydrogen-bond donors (Lipinski definition) is 8. The van der Waals surface area contributed by atoms with E-state index in [0.717, 1.165) is 53.5 Å². The molecule has 0 saturated heterocycles. The molecule has 8 aromatic rings. The number of aryl methyl sites for hydroxylation is 2. The molecule has 1 unspecified atom stereocenters. The zero-order chi connectivity index (χ0) is 61.9. The van der Waals surface area contributed by atoms with E-state index < -0.39 is 123 Å². The number of nitrogens with one attached hydrogen (secondary N) is 1. The maximum atomic E-state index is 13.6. The number of hydrogen-bond acceptors (Lipinski definition) is 23. The Morgan fingerprint density at radius 3 is 1.92 bits per heavy atom. The number of fused-ring (bicyclic) bond motifs is 4. The van der Waals surface area contributed by atoms with Crippen molar-refractivity contribution in [3.05, 3.63) is 108 Å². The monoisotopic (exact) mass is 1260 g/mol. The van der Waals surface area contributed by atoms with Crippen LogP contribution in [0.5, 0.6) is 17.2 Å². The minimum Gasteiger partial charge on any atom is -0.505 e. The molecule has 1 aliphatic rings. The van der Waals surface area contributed by atoms with Crippen molar-refractivity contribution in [2.75, 3.05) is 24.5 Å². The maximum absolute atomic E-state index is 13.6. The number of aromatic hydroxyl groups is 1. The summed E-state index contributed by atoms with van der Waals surface area (Å²) in [6.45, 7) is 2.37. The third-order valence-electron chi connectivity index (χ3n) is 12.6. The second-order valence-corrected chi connectivity index (χ2v) is 25.4. The quantitative estimate of drug-likeness (QED) is 0.0214. The number of phenolic OH excluding ortho intramolecular Hbond substituents is 1. The Labute approximate surface area is 479 Å². The van der Waals surface area contributed by atoms with Crippen LogP contribution >= 0.6 is 0 Å². The lowest BCUT2D eigenvalue weighted by molar-refractivity contribution is -0.130. The number of imidazole rings is 1. The fourth-order valence-corrected chi connectivity index (χ4v) is 12.1. The fourth-order valence-electron chi connectivity index (χ4n) is 8.74. The van der Waals surface area contributed by atoms with E-state index in [1.807, 2.05) is 0 Å². The van der Waals surface area contributed by atoms with Crippen molar-refractivity contribution in [2.24, 2.45) is 35.8 Å². The Kier molecular flexibility index (Phi) is 16.0. The molecule has 0 spiro atoms. The number of carbonyl (C=O) groups excluding carboxylic acids is 1. The number of rotatable bonds is 19. The number of carboxylic acids is 1. The zero-order valence-corrected chi connectivity index (χ0v) is 47.4. The molecule has 31 nitrogen and oxygen atoms in total. The molecular formula is C49H40N10O21S5. The van der Waals surface area contributed by atoms with Crippen molar-refractivity contribution in [3.8, 4) is 28.6 Å². The van der Waals surface area contributed by atoms with Crippen molar-refractivity contribution in [2.45, 2.75) is 45.9 Å². The zero-order valence-electron chi connectivity index (χ0n) is 43.3. The topological polar surface area (TPSA) is 483 Å². The minimum atomic E-state index is -5.27. The van der Waals surface area contributed by atoms with Crippen LogP contribution in [0.4, 0.5) is 34.1 Å². The maximum Gasteiger partial charge on any atom is 0.355 e. The third kappa shape index (κ3) is 12.6. The Hall–Kier alpha value is -9.11. The van der Waals surface area contributed by atoms with E-state index >= 15 is 0 Å². The van der Waals surface area contributed by atoms with Crippen LogP contribution in [-0.4, -0.2) is 128 Å². The van der Waals surface area contributed by atoms with Gasteiger partial charge >= 0.3 is 5.97 Å². The van der Waals surface area contributed by atoms with Gasteiger partial charge in [-0.2, -0.15) is 67.5 Å². The Morgan fingerprint density at radius 1 is 0.647 bits per heavy atom. The molecule has 0 radical (unpaired) electrons. The van der Waals surface area contributed by atoms with Crippen LogP contribution in [0, 0.1) is 13.8 Å². The van der Waals surface area contributed by atoms with Crippen LogP contribution in [-0.2, 0) is 60.2 Å². The van der Waals surface area contributed by atoms with Crippen LogP contribution in [0.25, 0.3) is 44.0 Å². The standard InChI is InChI=1S/C49H40N10O21S5/c1-23-18-35(37(80-16-5-17-81(64,65)66)21-33(23)53-52-32-15-12-27-29(46(32)85(76,77)78)6-4-7-38(27)82(67,68)69)55-56-42-40(84(73,74)75)20-30-28(45(42)60)13-14-31-41(30)51-47(50-31)25-8-10-26(11-9-25)59-48(61)43(44(58-59)49(62)63)57-54-34-19-24(2)39(83(70,71)72)22-36(34)79-3/h4,6-15,18-22,43,60H,5,16-17H2,1-3H3,(H,50,51)(H,62,63)(H,64,65,66)(H,67,68,69)(H,70,71,72)(H,73,74,75)(H,76,77,78)/b53-52+,56-55+,57-54+. The average molecular weight is 1270 g/mol. The molecular weight excluding hydrogens is 1220 g/mol. The van der Waals surface area contributed by atoms with Crippen LogP contribution in [0.15, 0.2) is 152 Å². The first kappa shape index (κ1) is 60.5. The lowest BCUT2D eigenvalue weighted by Crippen LogP contribution is -2.33. The van der Waals surface area contributed by atoms with Gasteiger partial charge in [0.1, 0.15) is 59.7 Å². The molecule has 442 valence electrons. The van der Waals surface area contributed by atoms with E-state index in [2.05, 4.69) is 45.8 Å². The normalized spacial score (nSPS) is 14.7. The van der Waals surface area contributed by atoms with Crippen molar-refractivity contribution in [1.82, 2.24) is 9.97 Å². The molecule has 0 aliphatic carbocycles. The van der Waals surface area contributed by atoms with E-state index in [0.29, 0.717) is 5.56 Å². The van der Waals surface area contributed by atoms with Crippen LogP contribution in [0.1, 0.15) is 17.5 Å². The molecule has 2 heterocycles. The lowest BCUT2D eigenvalue weighted by Gasteiger charge is -2.13. The number of H-pyrrole nitrogens is 1. The summed E-state index contributed by atoms with van der Waals surface area (Å²) >= 11 is 0.